The Labute approximate surface area is 167 Å². The minimum atomic E-state index is -0.500. The molecule has 0 radical (unpaired) electrons. The van der Waals surface area contributed by atoms with E-state index in [-0.39, 0.29) is 5.75 Å². The quantitative estimate of drug-likeness (QED) is 0.457. The lowest BCUT2D eigenvalue weighted by Gasteiger charge is -2.10. The predicted molar refractivity (Wildman–Crippen MR) is 117 cm³/mol. The van der Waals surface area contributed by atoms with Crippen LogP contribution in [-0.2, 0) is 6.54 Å². The van der Waals surface area contributed by atoms with Gasteiger partial charge in [0.05, 0.1) is 16.4 Å². The van der Waals surface area contributed by atoms with Crippen LogP contribution < -0.4 is 5.73 Å². The summed E-state index contributed by atoms with van der Waals surface area (Å²) >= 11 is 0. The molecule has 0 saturated carbocycles. The maximum atomic E-state index is 12.1. The van der Waals surface area contributed by atoms with Crippen LogP contribution in [0.5, 0.6) is 5.75 Å². The molecule has 142 valence electrons. The van der Waals surface area contributed by atoms with Gasteiger partial charge in [-0.25, -0.2) is 0 Å². The van der Waals surface area contributed by atoms with Gasteiger partial charge in [0.2, 0.25) is 5.91 Å². The van der Waals surface area contributed by atoms with Crippen molar-refractivity contribution in [3.05, 3.63) is 89.5 Å². The molecule has 1 heterocycles. The number of primary amides is 1. The average molecular weight is 380 g/mol. The van der Waals surface area contributed by atoms with Crippen LogP contribution in [0.15, 0.2) is 72.8 Å². The molecule has 4 aromatic carbocycles. The molecule has 0 spiro atoms. The van der Waals surface area contributed by atoms with E-state index in [1.807, 2.05) is 37.3 Å². The first-order chi connectivity index (χ1) is 14.0. The minimum Gasteiger partial charge on any atom is -0.507 e. The van der Waals surface area contributed by atoms with E-state index < -0.39 is 5.91 Å². The summed E-state index contributed by atoms with van der Waals surface area (Å²) in [5.41, 5.74) is 9.94. The number of fused-ring (bicyclic) bond motifs is 4. The van der Waals surface area contributed by atoms with Crippen LogP contribution in [0.3, 0.4) is 0 Å². The lowest BCUT2D eigenvalue weighted by atomic mass is 10.0. The van der Waals surface area contributed by atoms with Crippen molar-refractivity contribution in [1.82, 2.24) is 4.57 Å². The van der Waals surface area contributed by atoms with Gasteiger partial charge in [-0.2, -0.15) is 0 Å². The Kier molecular flexibility index (Phi) is 3.81. The van der Waals surface area contributed by atoms with Crippen molar-refractivity contribution < 1.29 is 9.90 Å². The Bertz CT molecular complexity index is 1430. The first-order valence-corrected chi connectivity index (χ1v) is 9.55. The van der Waals surface area contributed by atoms with E-state index in [0.717, 1.165) is 22.2 Å². The van der Waals surface area contributed by atoms with Gasteiger partial charge in [0.15, 0.2) is 0 Å². The van der Waals surface area contributed by atoms with Crippen LogP contribution in [0.25, 0.3) is 32.6 Å². The van der Waals surface area contributed by atoms with Crippen molar-refractivity contribution in [2.24, 2.45) is 5.73 Å². The zero-order valence-electron chi connectivity index (χ0n) is 16.0. The lowest BCUT2D eigenvalue weighted by Crippen LogP contribution is -2.11. The SMILES string of the molecule is Cc1cc(O)c2c3c(C(N)=O)cccc3n(Cc3ccc4ccccc4c3)c2c1. The summed E-state index contributed by atoms with van der Waals surface area (Å²) < 4.78 is 2.15. The molecule has 4 nitrogen and oxygen atoms in total. The number of phenols is 1. The number of amides is 1. The van der Waals surface area contributed by atoms with Crippen LogP contribution in [0, 0.1) is 6.92 Å². The first-order valence-electron chi connectivity index (χ1n) is 9.55. The largest absolute Gasteiger partial charge is 0.507 e. The molecule has 0 atom stereocenters. The molecule has 4 heteroatoms. The number of carbonyl (C=O) groups excluding carboxylic acids is 1. The smallest absolute Gasteiger partial charge is 0.249 e. The number of aromatic nitrogens is 1. The lowest BCUT2D eigenvalue weighted by molar-refractivity contribution is 0.100. The van der Waals surface area contributed by atoms with E-state index in [0.29, 0.717) is 22.9 Å². The summed E-state index contributed by atoms with van der Waals surface area (Å²) in [5.74, 6) is -0.337. The zero-order chi connectivity index (χ0) is 20.1. The van der Waals surface area contributed by atoms with Gasteiger partial charge < -0.3 is 15.4 Å². The zero-order valence-corrected chi connectivity index (χ0v) is 16.0. The van der Waals surface area contributed by atoms with Crippen LogP contribution in [-0.4, -0.2) is 15.6 Å². The predicted octanol–water partition coefficient (Wildman–Crippen LogP) is 5.11. The second-order valence-electron chi connectivity index (χ2n) is 7.51. The van der Waals surface area contributed by atoms with E-state index in [1.165, 1.54) is 10.8 Å². The number of nitrogens with zero attached hydrogens (tertiary/aromatic N) is 1. The van der Waals surface area contributed by atoms with Gasteiger partial charge in [-0.05, 0) is 59.2 Å². The maximum absolute atomic E-state index is 12.1. The fourth-order valence-electron chi connectivity index (χ4n) is 4.27. The molecule has 29 heavy (non-hydrogen) atoms. The Morgan fingerprint density at radius 2 is 1.69 bits per heavy atom. The molecule has 5 rings (SSSR count). The fourth-order valence-corrected chi connectivity index (χ4v) is 4.27. The van der Waals surface area contributed by atoms with Gasteiger partial charge in [-0.15, -0.1) is 0 Å². The summed E-state index contributed by atoms with van der Waals surface area (Å²) in [6, 6.07) is 24.0. The Hall–Kier alpha value is -3.79. The number of aryl methyl sites for hydroxylation is 1. The highest BCUT2D eigenvalue weighted by Crippen LogP contribution is 2.38. The van der Waals surface area contributed by atoms with Gasteiger partial charge in [-0.1, -0.05) is 42.5 Å². The highest BCUT2D eigenvalue weighted by atomic mass is 16.3. The third-order valence-corrected chi connectivity index (χ3v) is 5.54. The third-order valence-electron chi connectivity index (χ3n) is 5.54. The number of hydrogen-bond acceptors (Lipinski definition) is 2. The van der Waals surface area contributed by atoms with Crippen LogP contribution in [0.4, 0.5) is 0 Å². The first kappa shape index (κ1) is 17.3. The standard InChI is InChI=1S/C25H20N2O2/c1-15-11-21-24(22(28)12-15)23-19(25(26)29)7-4-8-20(23)27(21)14-16-9-10-17-5-2-3-6-18(17)13-16/h2-13,28H,14H2,1H3,(H2,26,29). The Balaban J connectivity index is 1.81. The highest BCUT2D eigenvalue weighted by molar-refractivity contribution is 6.19. The molecule has 5 aromatic rings. The van der Waals surface area contributed by atoms with Crippen LogP contribution >= 0.6 is 0 Å². The van der Waals surface area contributed by atoms with E-state index in [4.69, 9.17) is 5.73 Å². The molecule has 0 fully saturated rings. The molecule has 0 saturated heterocycles. The van der Waals surface area contributed by atoms with E-state index in [2.05, 4.69) is 34.9 Å². The topological polar surface area (TPSA) is 68.2 Å². The minimum absolute atomic E-state index is 0.163. The molecule has 0 bridgehead atoms. The van der Waals surface area contributed by atoms with Crippen molar-refractivity contribution in [3.63, 3.8) is 0 Å². The number of phenolic OH excluding ortho intramolecular Hbond substituents is 1. The number of carbonyl (C=O) groups is 1. The molecule has 0 aliphatic rings. The maximum Gasteiger partial charge on any atom is 0.249 e. The van der Waals surface area contributed by atoms with Gasteiger partial charge in [0, 0.05) is 17.5 Å². The number of hydrogen-bond donors (Lipinski definition) is 2. The summed E-state index contributed by atoms with van der Waals surface area (Å²) in [6.45, 7) is 2.57. The molecule has 0 aliphatic heterocycles. The van der Waals surface area contributed by atoms with Crippen molar-refractivity contribution in [3.8, 4) is 5.75 Å². The van der Waals surface area contributed by atoms with Gasteiger partial charge in [-0.3, -0.25) is 4.79 Å². The van der Waals surface area contributed by atoms with E-state index >= 15 is 0 Å². The highest BCUT2D eigenvalue weighted by Gasteiger charge is 2.19. The second-order valence-corrected chi connectivity index (χ2v) is 7.51. The molecule has 0 unspecified atom stereocenters. The number of benzene rings is 4. The summed E-state index contributed by atoms with van der Waals surface area (Å²) in [4.78, 5) is 12.1. The number of rotatable bonds is 3. The van der Waals surface area contributed by atoms with Gasteiger partial charge >= 0.3 is 0 Å². The average Bonchev–Trinajstić information content (AvgIpc) is 3.01. The Morgan fingerprint density at radius 1 is 0.897 bits per heavy atom. The molecule has 1 aromatic heterocycles. The molecule has 3 N–H and O–H groups in total. The van der Waals surface area contributed by atoms with Crippen molar-refractivity contribution in [2.45, 2.75) is 13.5 Å². The summed E-state index contributed by atoms with van der Waals surface area (Å²) in [5, 5.41) is 14.5. The van der Waals surface area contributed by atoms with Crippen molar-refractivity contribution in [1.29, 1.82) is 0 Å². The third kappa shape index (κ3) is 2.72. The number of aromatic hydroxyl groups is 1. The normalized spacial score (nSPS) is 11.5. The Morgan fingerprint density at radius 3 is 2.48 bits per heavy atom. The van der Waals surface area contributed by atoms with Gasteiger partial charge in [0.1, 0.15) is 5.75 Å². The molecular formula is C25H20N2O2. The van der Waals surface area contributed by atoms with Crippen LogP contribution in [0.2, 0.25) is 0 Å². The second kappa shape index (κ2) is 6.38. The molecular weight excluding hydrogens is 360 g/mol. The van der Waals surface area contributed by atoms with Crippen molar-refractivity contribution >= 4 is 38.5 Å². The van der Waals surface area contributed by atoms with E-state index in [9.17, 15) is 9.90 Å². The molecule has 0 aliphatic carbocycles. The van der Waals surface area contributed by atoms with E-state index in [1.54, 1.807) is 12.1 Å². The molecule has 1 amide bonds. The van der Waals surface area contributed by atoms with Crippen molar-refractivity contribution in [2.75, 3.05) is 0 Å². The van der Waals surface area contributed by atoms with Crippen LogP contribution in [0.1, 0.15) is 21.5 Å². The summed E-state index contributed by atoms with van der Waals surface area (Å²) in [7, 11) is 0. The number of nitrogens with two attached hydrogens (primary N) is 1. The fraction of sp³-hybridized carbons (Fsp3) is 0.0800. The van der Waals surface area contributed by atoms with Gasteiger partial charge in [0.25, 0.3) is 0 Å². The monoisotopic (exact) mass is 380 g/mol. The summed E-state index contributed by atoms with van der Waals surface area (Å²) in [6.07, 6.45) is 0.